The molecule has 0 saturated heterocycles. The maximum absolute atomic E-state index is 12.2. The summed E-state index contributed by atoms with van der Waals surface area (Å²) < 4.78 is 5.58. The van der Waals surface area contributed by atoms with E-state index in [2.05, 4.69) is 11.4 Å². The molecule has 0 radical (unpaired) electrons. The van der Waals surface area contributed by atoms with Crippen molar-refractivity contribution in [2.75, 3.05) is 13.2 Å². The first-order valence-electron chi connectivity index (χ1n) is 6.85. The van der Waals surface area contributed by atoms with Gasteiger partial charge in [0.05, 0.1) is 0 Å². The highest BCUT2D eigenvalue weighted by Gasteiger charge is 2.21. The number of rotatable bonds is 3. The molecule has 3 nitrogen and oxygen atoms in total. The van der Waals surface area contributed by atoms with Crippen molar-refractivity contribution in [2.45, 2.75) is 19.9 Å². The molecule has 2 aromatic rings. The summed E-state index contributed by atoms with van der Waals surface area (Å²) in [7, 11) is 0. The van der Waals surface area contributed by atoms with Gasteiger partial charge in [0.15, 0.2) is 6.61 Å². The molecule has 1 aromatic heterocycles. The van der Waals surface area contributed by atoms with Crippen molar-refractivity contribution in [2.24, 2.45) is 0 Å². The predicted octanol–water partition coefficient (Wildman–Crippen LogP) is 3.67. The maximum Gasteiger partial charge on any atom is 0.260 e. The normalized spacial score (nSPS) is 13.9. The second kappa shape index (κ2) is 6.08. The van der Waals surface area contributed by atoms with Crippen LogP contribution in [0.15, 0.2) is 29.6 Å². The van der Waals surface area contributed by atoms with Crippen LogP contribution in [0, 0.1) is 6.92 Å². The first-order valence-corrected chi connectivity index (χ1v) is 8.11. The molecule has 110 valence electrons. The number of nitrogens with zero attached hydrogens (tertiary/aromatic N) is 1. The van der Waals surface area contributed by atoms with Crippen LogP contribution in [0.25, 0.3) is 0 Å². The first kappa shape index (κ1) is 14.4. The summed E-state index contributed by atoms with van der Waals surface area (Å²) in [5.41, 5.74) is 2.21. The lowest BCUT2D eigenvalue weighted by molar-refractivity contribution is -0.134. The highest BCUT2D eigenvalue weighted by atomic mass is 35.5. The first-order chi connectivity index (χ1) is 10.1. The molecule has 0 fully saturated rings. The topological polar surface area (TPSA) is 29.5 Å². The van der Waals surface area contributed by atoms with Gasteiger partial charge in [0.25, 0.3) is 5.91 Å². The van der Waals surface area contributed by atoms with Gasteiger partial charge in [-0.2, -0.15) is 0 Å². The molecule has 0 unspecified atom stereocenters. The summed E-state index contributed by atoms with van der Waals surface area (Å²) in [5.74, 6) is 0.706. The van der Waals surface area contributed by atoms with Gasteiger partial charge in [0, 0.05) is 23.0 Å². The van der Waals surface area contributed by atoms with E-state index in [0.717, 1.165) is 18.5 Å². The zero-order valence-electron chi connectivity index (χ0n) is 11.8. The molecule has 5 heteroatoms. The standard InChI is InChI=1S/C16H16ClNO2S/c1-11-8-13(2-3-14(11)17)20-10-16(19)18-6-4-15-12(9-18)5-7-21-15/h2-3,5,7-8H,4,6,9-10H2,1H3. The number of aryl methyl sites for hydroxylation is 1. The van der Waals surface area contributed by atoms with E-state index in [1.54, 1.807) is 23.5 Å². The average Bonchev–Trinajstić information content (AvgIpc) is 2.95. The Bertz CT molecular complexity index is 668. The van der Waals surface area contributed by atoms with Crippen LogP contribution in [0.2, 0.25) is 5.02 Å². The Labute approximate surface area is 133 Å². The Morgan fingerprint density at radius 1 is 1.43 bits per heavy atom. The summed E-state index contributed by atoms with van der Waals surface area (Å²) >= 11 is 7.74. The number of carbonyl (C=O) groups is 1. The highest BCUT2D eigenvalue weighted by molar-refractivity contribution is 7.10. The lowest BCUT2D eigenvalue weighted by Gasteiger charge is -2.27. The summed E-state index contributed by atoms with van der Waals surface area (Å²) in [4.78, 5) is 15.5. The fraction of sp³-hybridized carbons (Fsp3) is 0.312. The largest absolute Gasteiger partial charge is 0.484 e. The number of amides is 1. The molecule has 2 heterocycles. The number of carbonyl (C=O) groups excluding carboxylic acids is 1. The van der Waals surface area contributed by atoms with Gasteiger partial charge in [-0.05, 0) is 54.1 Å². The zero-order chi connectivity index (χ0) is 14.8. The molecule has 1 aliphatic rings. The number of benzene rings is 1. The predicted molar refractivity (Wildman–Crippen MR) is 85.1 cm³/mol. The molecule has 0 atom stereocenters. The molecule has 1 amide bonds. The zero-order valence-corrected chi connectivity index (χ0v) is 13.3. The Balaban J connectivity index is 1.58. The molecule has 1 aromatic carbocycles. The number of hydrogen-bond donors (Lipinski definition) is 0. The van der Waals surface area contributed by atoms with Crippen molar-refractivity contribution in [1.82, 2.24) is 4.90 Å². The van der Waals surface area contributed by atoms with Crippen molar-refractivity contribution in [1.29, 1.82) is 0 Å². The minimum Gasteiger partial charge on any atom is -0.484 e. The van der Waals surface area contributed by atoms with Gasteiger partial charge in [-0.15, -0.1) is 11.3 Å². The average molecular weight is 322 g/mol. The molecule has 0 N–H and O–H groups in total. The summed E-state index contributed by atoms with van der Waals surface area (Å²) in [6.45, 7) is 3.45. The number of ether oxygens (including phenoxy) is 1. The van der Waals surface area contributed by atoms with Crippen LogP contribution in [-0.2, 0) is 17.8 Å². The highest BCUT2D eigenvalue weighted by Crippen LogP contribution is 2.24. The van der Waals surface area contributed by atoms with Gasteiger partial charge in [-0.25, -0.2) is 0 Å². The van der Waals surface area contributed by atoms with Crippen molar-refractivity contribution < 1.29 is 9.53 Å². The van der Waals surface area contributed by atoms with Crippen LogP contribution in [0.4, 0.5) is 0 Å². The van der Waals surface area contributed by atoms with Gasteiger partial charge >= 0.3 is 0 Å². The molecule has 0 aliphatic carbocycles. The minimum absolute atomic E-state index is 0.0273. The maximum atomic E-state index is 12.2. The molecule has 0 spiro atoms. The van der Waals surface area contributed by atoms with Crippen molar-refractivity contribution in [3.05, 3.63) is 50.7 Å². The molecule has 3 rings (SSSR count). The van der Waals surface area contributed by atoms with Crippen LogP contribution < -0.4 is 4.74 Å². The fourth-order valence-corrected chi connectivity index (χ4v) is 3.41. The number of fused-ring (bicyclic) bond motifs is 1. The lowest BCUT2D eigenvalue weighted by Crippen LogP contribution is -2.38. The number of hydrogen-bond acceptors (Lipinski definition) is 3. The minimum atomic E-state index is 0.0273. The number of halogens is 1. The third-order valence-corrected chi connectivity index (χ3v) is 5.10. The van der Waals surface area contributed by atoms with Crippen molar-refractivity contribution in [3.63, 3.8) is 0 Å². The second-order valence-corrected chi connectivity index (χ2v) is 6.54. The Morgan fingerprint density at radius 3 is 3.10 bits per heavy atom. The van der Waals surface area contributed by atoms with Crippen molar-refractivity contribution in [3.8, 4) is 5.75 Å². The van der Waals surface area contributed by atoms with E-state index in [0.29, 0.717) is 17.3 Å². The van der Waals surface area contributed by atoms with E-state index in [9.17, 15) is 4.79 Å². The summed E-state index contributed by atoms with van der Waals surface area (Å²) in [6.07, 6.45) is 0.943. The fourth-order valence-electron chi connectivity index (χ4n) is 2.40. The Kier molecular flexibility index (Phi) is 4.17. The van der Waals surface area contributed by atoms with Crippen LogP contribution in [0.3, 0.4) is 0 Å². The molecule has 21 heavy (non-hydrogen) atoms. The van der Waals surface area contributed by atoms with Gasteiger partial charge in [0.2, 0.25) is 0 Å². The van der Waals surface area contributed by atoms with Crippen LogP contribution >= 0.6 is 22.9 Å². The van der Waals surface area contributed by atoms with Gasteiger partial charge in [-0.1, -0.05) is 11.6 Å². The van der Waals surface area contributed by atoms with Crippen LogP contribution in [0.1, 0.15) is 16.0 Å². The molecule has 1 aliphatic heterocycles. The van der Waals surface area contributed by atoms with Gasteiger partial charge in [-0.3, -0.25) is 4.79 Å². The van der Waals surface area contributed by atoms with E-state index in [4.69, 9.17) is 16.3 Å². The summed E-state index contributed by atoms with van der Waals surface area (Å²) in [5, 5.41) is 2.79. The monoisotopic (exact) mass is 321 g/mol. The smallest absolute Gasteiger partial charge is 0.260 e. The molecular formula is C16H16ClNO2S. The van der Waals surface area contributed by atoms with Crippen LogP contribution in [-0.4, -0.2) is 24.0 Å². The SMILES string of the molecule is Cc1cc(OCC(=O)N2CCc3sccc3C2)ccc1Cl. The van der Waals surface area contributed by atoms with Gasteiger partial charge in [0.1, 0.15) is 5.75 Å². The van der Waals surface area contributed by atoms with E-state index < -0.39 is 0 Å². The Hall–Kier alpha value is -1.52. The van der Waals surface area contributed by atoms with E-state index in [1.165, 1.54) is 10.4 Å². The van der Waals surface area contributed by atoms with Crippen molar-refractivity contribution >= 4 is 28.8 Å². The molecule has 0 saturated carbocycles. The lowest BCUT2D eigenvalue weighted by atomic mass is 10.1. The third-order valence-electron chi connectivity index (χ3n) is 3.65. The Morgan fingerprint density at radius 2 is 2.29 bits per heavy atom. The van der Waals surface area contributed by atoms with Crippen LogP contribution in [0.5, 0.6) is 5.75 Å². The van der Waals surface area contributed by atoms with E-state index in [1.807, 2.05) is 17.9 Å². The summed E-state index contributed by atoms with van der Waals surface area (Å²) in [6, 6.07) is 7.52. The molecular weight excluding hydrogens is 306 g/mol. The quantitative estimate of drug-likeness (QED) is 0.863. The van der Waals surface area contributed by atoms with Gasteiger partial charge < -0.3 is 9.64 Å². The third kappa shape index (κ3) is 3.22. The second-order valence-electron chi connectivity index (χ2n) is 5.13. The number of thiophene rings is 1. The van der Waals surface area contributed by atoms with E-state index >= 15 is 0 Å². The molecule has 0 bridgehead atoms. The van der Waals surface area contributed by atoms with E-state index in [-0.39, 0.29) is 12.5 Å².